The zero-order valence-electron chi connectivity index (χ0n) is 20.4. The van der Waals surface area contributed by atoms with Crippen LogP contribution in [0.3, 0.4) is 0 Å². The van der Waals surface area contributed by atoms with Crippen LogP contribution < -0.4 is 10.5 Å². The molecule has 184 valence electrons. The van der Waals surface area contributed by atoms with Gasteiger partial charge in [0.2, 0.25) is 5.91 Å². The summed E-state index contributed by atoms with van der Waals surface area (Å²) in [6.07, 6.45) is 2.47. The molecule has 5 rings (SSSR count). The predicted molar refractivity (Wildman–Crippen MR) is 145 cm³/mol. The number of aromatic nitrogens is 2. The van der Waals surface area contributed by atoms with Crippen LogP contribution in [0, 0.1) is 0 Å². The standard InChI is InChI=1S/C29H29N3O3S/c1-2-35-19-9-18-31-28(34)23-12-5-6-13-24(23)30-29(31)36-20-27(33)32-25-14-7-3-10-21(25)16-17-22-11-4-8-15-26(22)32/h3-8,10-15H,2,9,16-20H2,1H3. The molecule has 3 aromatic carbocycles. The number of nitrogens with zero attached hydrogens (tertiary/aromatic N) is 3. The van der Waals surface area contributed by atoms with Gasteiger partial charge in [-0.3, -0.25) is 19.1 Å². The lowest BCUT2D eigenvalue weighted by Gasteiger charge is -2.25. The van der Waals surface area contributed by atoms with Crippen molar-refractivity contribution in [1.82, 2.24) is 9.55 Å². The van der Waals surface area contributed by atoms with E-state index < -0.39 is 0 Å². The number of aryl methyl sites for hydroxylation is 2. The first-order valence-corrected chi connectivity index (χ1v) is 13.3. The molecule has 0 saturated heterocycles. The highest BCUT2D eigenvalue weighted by Gasteiger charge is 2.26. The molecule has 0 spiro atoms. The molecule has 4 aromatic rings. The zero-order chi connectivity index (χ0) is 24.9. The molecule has 0 radical (unpaired) electrons. The monoisotopic (exact) mass is 499 g/mol. The maximum Gasteiger partial charge on any atom is 0.262 e. The highest BCUT2D eigenvalue weighted by molar-refractivity contribution is 7.99. The maximum atomic E-state index is 13.8. The number of rotatable bonds is 8. The maximum absolute atomic E-state index is 13.8. The number of ether oxygens (including phenoxy) is 1. The molecule has 0 saturated carbocycles. The minimum absolute atomic E-state index is 0.0370. The van der Waals surface area contributed by atoms with Crippen molar-refractivity contribution in [2.45, 2.75) is 37.9 Å². The van der Waals surface area contributed by atoms with Crippen LogP contribution in [0.4, 0.5) is 11.4 Å². The van der Waals surface area contributed by atoms with Gasteiger partial charge in [0, 0.05) is 19.8 Å². The van der Waals surface area contributed by atoms with E-state index >= 15 is 0 Å². The lowest BCUT2D eigenvalue weighted by molar-refractivity contribution is -0.115. The van der Waals surface area contributed by atoms with Crippen LogP contribution in [0.15, 0.2) is 82.7 Å². The highest BCUT2D eigenvalue weighted by atomic mass is 32.2. The van der Waals surface area contributed by atoms with E-state index in [4.69, 9.17) is 9.72 Å². The predicted octanol–water partition coefficient (Wildman–Crippen LogP) is 5.38. The second-order valence-corrected chi connectivity index (χ2v) is 9.64. The molecule has 1 aromatic heterocycles. The van der Waals surface area contributed by atoms with Crippen LogP contribution in [0.25, 0.3) is 10.9 Å². The first kappa shape index (κ1) is 24.3. The summed E-state index contributed by atoms with van der Waals surface area (Å²) in [5.74, 6) is 0.129. The smallest absolute Gasteiger partial charge is 0.262 e. The number of thioether (sulfide) groups is 1. The first-order valence-electron chi connectivity index (χ1n) is 12.4. The van der Waals surface area contributed by atoms with E-state index in [0.717, 1.165) is 35.3 Å². The largest absolute Gasteiger partial charge is 0.382 e. The Morgan fingerprint density at radius 1 is 0.944 bits per heavy atom. The third-order valence-electron chi connectivity index (χ3n) is 6.40. The molecule has 0 N–H and O–H groups in total. The summed E-state index contributed by atoms with van der Waals surface area (Å²) in [6, 6.07) is 23.6. The average Bonchev–Trinajstić information content (AvgIpc) is 3.08. The van der Waals surface area contributed by atoms with Gasteiger partial charge in [0.05, 0.1) is 28.0 Å². The van der Waals surface area contributed by atoms with Crippen LogP contribution >= 0.6 is 11.8 Å². The molecule has 0 unspecified atom stereocenters. The van der Waals surface area contributed by atoms with Gasteiger partial charge in [-0.05, 0) is 61.6 Å². The number of hydrogen-bond donors (Lipinski definition) is 0. The van der Waals surface area contributed by atoms with Crippen molar-refractivity contribution in [3.8, 4) is 0 Å². The summed E-state index contributed by atoms with van der Waals surface area (Å²) >= 11 is 1.32. The molecule has 2 heterocycles. The van der Waals surface area contributed by atoms with E-state index in [9.17, 15) is 9.59 Å². The SMILES string of the molecule is CCOCCCn1c(SCC(=O)N2c3ccccc3CCc3ccccc32)nc2ccccc2c1=O. The Labute approximate surface area is 214 Å². The molecule has 7 heteroatoms. The lowest BCUT2D eigenvalue weighted by atomic mass is 10.0. The Kier molecular flexibility index (Phi) is 7.49. The quantitative estimate of drug-likeness (QED) is 0.185. The van der Waals surface area contributed by atoms with E-state index in [1.54, 1.807) is 10.6 Å². The summed E-state index contributed by atoms with van der Waals surface area (Å²) in [5, 5.41) is 1.14. The Morgan fingerprint density at radius 2 is 1.58 bits per heavy atom. The van der Waals surface area contributed by atoms with E-state index in [0.29, 0.717) is 42.2 Å². The molecule has 1 aliphatic rings. The van der Waals surface area contributed by atoms with E-state index in [1.807, 2.05) is 66.4 Å². The number of hydrogen-bond acceptors (Lipinski definition) is 5. The van der Waals surface area contributed by atoms with Gasteiger partial charge >= 0.3 is 0 Å². The van der Waals surface area contributed by atoms with Gasteiger partial charge in [-0.15, -0.1) is 0 Å². The van der Waals surface area contributed by atoms with Gasteiger partial charge in [0.15, 0.2) is 5.16 Å². The lowest BCUT2D eigenvalue weighted by Crippen LogP contribution is -2.29. The molecule has 0 bridgehead atoms. The van der Waals surface area contributed by atoms with Crippen molar-refractivity contribution in [3.05, 3.63) is 94.3 Å². The Hall–Kier alpha value is -3.42. The second kappa shape index (κ2) is 11.1. The Bertz CT molecular complexity index is 1400. The van der Waals surface area contributed by atoms with Crippen LogP contribution in [0.5, 0.6) is 0 Å². The molecule has 0 aliphatic carbocycles. The van der Waals surface area contributed by atoms with Crippen LogP contribution in [-0.2, 0) is 28.9 Å². The van der Waals surface area contributed by atoms with Crippen molar-refractivity contribution in [3.63, 3.8) is 0 Å². The van der Waals surface area contributed by atoms with E-state index in [2.05, 4.69) is 12.1 Å². The van der Waals surface area contributed by atoms with Crippen LogP contribution in [-0.4, -0.2) is 34.4 Å². The van der Waals surface area contributed by atoms with Crippen molar-refractivity contribution >= 4 is 39.9 Å². The summed E-state index contributed by atoms with van der Waals surface area (Å²) in [4.78, 5) is 33.7. The van der Waals surface area contributed by atoms with E-state index in [1.165, 1.54) is 11.8 Å². The van der Waals surface area contributed by atoms with Crippen LogP contribution in [0.2, 0.25) is 0 Å². The molecule has 1 aliphatic heterocycles. The zero-order valence-corrected chi connectivity index (χ0v) is 21.2. The highest BCUT2D eigenvalue weighted by Crippen LogP contribution is 2.36. The number of fused-ring (bicyclic) bond motifs is 3. The summed E-state index contributed by atoms with van der Waals surface area (Å²) < 4.78 is 7.16. The number of anilines is 2. The average molecular weight is 500 g/mol. The second-order valence-electron chi connectivity index (χ2n) is 8.69. The molecular weight excluding hydrogens is 470 g/mol. The topological polar surface area (TPSA) is 64.4 Å². The fraction of sp³-hybridized carbons (Fsp3) is 0.276. The molecule has 0 fully saturated rings. The number of amides is 1. The van der Waals surface area contributed by atoms with Gasteiger partial charge < -0.3 is 4.74 Å². The third kappa shape index (κ3) is 4.94. The minimum Gasteiger partial charge on any atom is -0.382 e. The number of benzene rings is 3. The normalized spacial score (nSPS) is 12.8. The van der Waals surface area contributed by atoms with Gasteiger partial charge in [-0.25, -0.2) is 4.98 Å². The fourth-order valence-corrected chi connectivity index (χ4v) is 5.54. The summed E-state index contributed by atoms with van der Waals surface area (Å²) in [6.45, 7) is 3.65. The van der Waals surface area contributed by atoms with E-state index in [-0.39, 0.29) is 17.2 Å². The molecular formula is C29H29N3O3S. The third-order valence-corrected chi connectivity index (χ3v) is 7.37. The first-order chi connectivity index (χ1) is 17.7. The van der Waals surface area contributed by atoms with Gasteiger partial charge in [-0.2, -0.15) is 0 Å². The Morgan fingerprint density at radius 3 is 2.28 bits per heavy atom. The molecule has 1 amide bonds. The number of carbonyl (C=O) groups excluding carboxylic acids is 1. The van der Waals surface area contributed by atoms with Gasteiger partial charge in [-0.1, -0.05) is 60.3 Å². The van der Waals surface area contributed by atoms with Crippen molar-refractivity contribution in [2.24, 2.45) is 0 Å². The van der Waals surface area contributed by atoms with Crippen molar-refractivity contribution in [2.75, 3.05) is 23.9 Å². The van der Waals surface area contributed by atoms with Crippen LogP contribution in [0.1, 0.15) is 24.5 Å². The fourth-order valence-electron chi connectivity index (χ4n) is 4.66. The summed E-state index contributed by atoms with van der Waals surface area (Å²) in [7, 11) is 0. The molecule has 36 heavy (non-hydrogen) atoms. The number of para-hydroxylation sites is 3. The van der Waals surface area contributed by atoms with Gasteiger partial charge in [0.1, 0.15) is 0 Å². The van der Waals surface area contributed by atoms with Crippen molar-refractivity contribution in [1.29, 1.82) is 0 Å². The summed E-state index contributed by atoms with van der Waals surface area (Å²) in [5.41, 5.74) is 4.72. The Balaban J connectivity index is 1.46. The van der Waals surface area contributed by atoms with Crippen molar-refractivity contribution < 1.29 is 9.53 Å². The number of carbonyl (C=O) groups is 1. The molecule has 0 atom stereocenters. The minimum atomic E-state index is -0.0856. The van der Waals surface area contributed by atoms with Gasteiger partial charge in [0.25, 0.3) is 5.56 Å². The molecule has 6 nitrogen and oxygen atoms in total.